The van der Waals surface area contributed by atoms with Gasteiger partial charge in [-0.2, -0.15) is 0 Å². The maximum Gasteiger partial charge on any atom is 0.168 e. The average molecular weight is 427 g/mol. The molecule has 0 aliphatic carbocycles. The summed E-state index contributed by atoms with van der Waals surface area (Å²) in [5, 5.41) is 14.9. The van der Waals surface area contributed by atoms with Crippen molar-refractivity contribution in [3.63, 3.8) is 0 Å². The molecule has 0 saturated carbocycles. The first-order valence-corrected chi connectivity index (χ1v) is 11.4. The predicted octanol–water partition coefficient (Wildman–Crippen LogP) is 3.70. The Hall–Kier alpha value is -2.45. The van der Waals surface area contributed by atoms with Crippen molar-refractivity contribution in [2.24, 2.45) is 5.92 Å². The summed E-state index contributed by atoms with van der Waals surface area (Å²) >= 11 is 1.75. The van der Waals surface area contributed by atoms with Gasteiger partial charge in [0.15, 0.2) is 5.82 Å². The monoisotopic (exact) mass is 426 g/mol. The summed E-state index contributed by atoms with van der Waals surface area (Å²) < 4.78 is 7.27. The summed E-state index contributed by atoms with van der Waals surface area (Å²) in [4.78, 5) is 6.27. The smallest absolute Gasteiger partial charge is 0.168 e. The van der Waals surface area contributed by atoms with Gasteiger partial charge in [0.25, 0.3) is 0 Å². The van der Waals surface area contributed by atoms with Gasteiger partial charge in [-0.3, -0.25) is 4.90 Å². The number of piperazine rings is 1. The van der Waals surface area contributed by atoms with Crippen LogP contribution >= 0.6 is 11.3 Å². The van der Waals surface area contributed by atoms with E-state index in [1.165, 1.54) is 10.6 Å². The minimum absolute atomic E-state index is 0.234. The number of benzene rings is 1. The summed E-state index contributed by atoms with van der Waals surface area (Å²) in [5.41, 5.74) is 1.25. The van der Waals surface area contributed by atoms with Crippen LogP contribution in [0, 0.1) is 5.92 Å². The van der Waals surface area contributed by atoms with Crippen LogP contribution in [0.15, 0.2) is 41.8 Å². The molecule has 1 aliphatic heterocycles. The van der Waals surface area contributed by atoms with Gasteiger partial charge >= 0.3 is 0 Å². The van der Waals surface area contributed by atoms with Gasteiger partial charge in [0, 0.05) is 36.7 Å². The number of anilines is 1. The second-order valence-electron chi connectivity index (χ2n) is 8.14. The molecular weight excluding hydrogens is 396 g/mol. The molecular formula is C22H30N6OS. The van der Waals surface area contributed by atoms with Crippen LogP contribution in [0.4, 0.5) is 5.69 Å². The predicted molar refractivity (Wildman–Crippen MR) is 120 cm³/mol. The quantitative estimate of drug-likeness (QED) is 0.547. The van der Waals surface area contributed by atoms with Crippen LogP contribution in [-0.4, -0.2) is 58.4 Å². The van der Waals surface area contributed by atoms with Gasteiger partial charge in [-0.25, -0.2) is 4.68 Å². The molecule has 160 valence electrons. The van der Waals surface area contributed by atoms with Gasteiger partial charge in [-0.05, 0) is 58.5 Å². The second-order valence-corrected chi connectivity index (χ2v) is 9.17. The lowest BCUT2D eigenvalue weighted by Gasteiger charge is -2.40. The van der Waals surface area contributed by atoms with Crippen molar-refractivity contribution in [1.29, 1.82) is 0 Å². The van der Waals surface area contributed by atoms with E-state index < -0.39 is 0 Å². The Morgan fingerprint density at radius 1 is 1.07 bits per heavy atom. The molecule has 1 saturated heterocycles. The van der Waals surface area contributed by atoms with Gasteiger partial charge < -0.3 is 9.64 Å². The molecule has 0 bridgehead atoms. The highest BCUT2D eigenvalue weighted by atomic mass is 32.1. The van der Waals surface area contributed by atoms with Gasteiger partial charge in [0.05, 0.1) is 19.7 Å². The number of tetrazole rings is 1. The average Bonchev–Trinajstić information content (AvgIpc) is 3.45. The first-order valence-electron chi connectivity index (χ1n) is 10.6. The molecule has 1 fully saturated rings. The Bertz CT molecular complexity index is 900. The molecule has 0 N–H and O–H groups in total. The van der Waals surface area contributed by atoms with Crippen LogP contribution in [0.25, 0.3) is 0 Å². The summed E-state index contributed by atoms with van der Waals surface area (Å²) in [5.74, 6) is 2.45. The largest absolute Gasteiger partial charge is 0.497 e. The van der Waals surface area contributed by atoms with E-state index in [0.29, 0.717) is 5.92 Å². The molecule has 2 aromatic heterocycles. The van der Waals surface area contributed by atoms with Crippen molar-refractivity contribution in [3.8, 4) is 5.75 Å². The van der Waals surface area contributed by atoms with Gasteiger partial charge in [0.1, 0.15) is 5.75 Å². The molecule has 8 heteroatoms. The van der Waals surface area contributed by atoms with Crippen molar-refractivity contribution in [2.45, 2.75) is 32.9 Å². The third-order valence-corrected chi connectivity index (χ3v) is 6.49. The highest BCUT2D eigenvalue weighted by molar-refractivity contribution is 7.09. The van der Waals surface area contributed by atoms with Gasteiger partial charge in [-0.1, -0.05) is 19.9 Å². The van der Waals surface area contributed by atoms with Crippen molar-refractivity contribution >= 4 is 17.0 Å². The van der Waals surface area contributed by atoms with E-state index in [0.717, 1.165) is 50.7 Å². The molecule has 0 radical (unpaired) electrons. The van der Waals surface area contributed by atoms with Gasteiger partial charge in [-0.15, -0.1) is 16.4 Å². The molecule has 4 rings (SSSR count). The number of methoxy groups -OCH3 is 1. The number of thiophene rings is 1. The Morgan fingerprint density at radius 3 is 2.47 bits per heavy atom. The Balaban J connectivity index is 1.47. The molecule has 1 atom stereocenters. The third-order valence-electron chi connectivity index (χ3n) is 5.63. The highest BCUT2D eigenvalue weighted by Crippen LogP contribution is 2.29. The van der Waals surface area contributed by atoms with E-state index in [9.17, 15) is 0 Å². The van der Waals surface area contributed by atoms with Crippen LogP contribution in [0.1, 0.15) is 37.0 Å². The zero-order valence-corrected chi connectivity index (χ0v) is 18.8. The van der Waals surface area contributed by atoms with E-state index in [-0.39, 0.29) is 6.04 Å². The molecule has 1 aromatic carbocycles. The molecule has 3 heterocycles. The second kappa shape index (κ2) is 9.57. The van der Waals surface area contributed by atoms with Crippen molar-refractivity contribution in [2.75, 3.05) is 38.2 Å². The zero-order valence-electron chi connectivity index (χ0n) is 17.9. The van der Waals surface area contributed by atoms with Crippen LogP contribution in [0.2, 0.25) is 0 Å². The number of ether oxygens (including phenoxy) is 1. The number of aromatic nitrogens is 4. The topological polar surface area (TPSA) is 59.3 Å². The minimum Gasteiger partial charge on any atom is -0.497 e. The van der Waals surface area contributed by atoms with Crippen LogP contribution in [0.5, 0.6) is 5.75 Å². The molecule has 0 amide bonds. The first kappa shape index (κ1) is 20.8. The lowest BCUT2D eigenvalue weighted by molar-refractivity contribution is 0.153. The number of hydrogen-bond acceptors (Lipinski definition) is 7. The standard InChI is InChI=1S/C22H30N6OS/c1-17(2)15-21(22-23-24-25-28(22)16-20-5-4-14-30-20)27-12-10-26(11-13-27)18-6-8-19(29-3)9-7-18/h4-9,14,17,21H,10-13,15-16H2,1-3H3/t21-/m1/s1. The highest BCUT2D eigenvalue weighted by Gasteiger charge is 2.30. The molecule has 3 aromatic rings. The summed E-state index contributed by atoms with van der Waals surface area (Å²) in [7, 11) is 1.70. The van der Waals surface area contributed by atoms with Crippen molar-refractivity contribution in [3.05, 3.63) is 52.5 Å². The SMILES string of the molecule is COc1ccc(N2CCN([C@H](CC(C)C)c3nnnn3Cc3cccs3)CC2)cc1. The maximum atomic E-state index is 5.28. The fraction of sp³-hybridized carbons (Fsp3) is 0.500. The van der Waals surface area contributed by atoms with Crippen LogP contribution in [-0.2, 0) is 6.54 Å². The van der Waals surface area contributed by atoms with Crippen LogP contribution in [0.3, 0.4) is 0 Å². The fourth-order valence-electron chi connectivity index (χ4n) is 4.06. The third kappa shape index (κ3) is 4.82. The normalized spacial score (nSPS) is 16.2. The summed E-state index contributed by atoms with van der Waals surface area (Å²) in [6.45, 7) is 9.26. The Kier molecular flexibility index (Phi) is 6.64. The number of nitrogens with zero attached hydrogens (tertiary/aromatic N) is 6. The fourth-order valence-corrected chi connectivity index (χ4v) is 4.75. The van der Waals surface area contributed by atoms with Crippen molar-refractivity contribution < 1.29 is 4.74 Å². The Morgan fingerprint density at radius 2 is 1.83 bits per heavy atom. The number of hydrogen-bond donors (Lipinski definition) is 0. The molecule has 0 unspecified atom stereocenters. The number of rotatable bonds is 8. The molecule has 1 aliphatic rings. The maximum absolute atomic E-state index is 5.28. The van der Waals surface area contributed by atoms with E-state index in [1.807, 2.05) is 16.8 Å². The minimum atomic E-state index is 0.234. The van der Waals surface area contributed by atoms with E-state index in [1.54, 1.807) is 18.4 Å². The molecule has 30 heavy (non-hydrogen) atoms. The van der Waals surface area contributed by atoms with Gasteiger partial charge in [0.2, 0.25) is 0 Å². The lowest BCUT2D eigenvalue weighted by Crippen LogP contribution is -2.48. The van der Waals surface area contributed by atoms with Crippen molar-refractivity contribution in [1.82, 2.24) is 25.1 Å². The summed E-state index contributed by atoms with van der Waals surface area (Å²) in [6.07, 6.45) is 1.05. The molecule has 0 spiro atoms. The lowest BCUT2D eigenvalue weighted by atomic mass is 10.0. The van der Waals surface area contributed by atoms with E-state index in [2.05, 4.69) is 68.8 Å². The molecule has 7 nitrogen and oxygen atoms in total. The Labute approximate surface area is 182 Å². The van der Waals surface area contributed by atoms with Crippen LogP contribution < -0.4 is 9.64 Å². The zero-order chi connectivity index (χ0) is 20.9. The summed E-state index contributed by atoms with van der Waals surface area (Å²) in [6, 6.07) is 12.8. The van der Waals surface area contributed by atoms with E-state index >= 15 is 0 Å². The van der Waals surface area contributed by atoms with E-state index in [4.69, 9.17) is 4.74 Å². The first-order chi connectivity index (χ1) is 14.6.